The Morgan fingerprint density at radius 1 is 1.57 bits per heavy atom. The molecule has 14 heavy (non-hydrogen) atoms. The van der Waals surface area contributed by atoms with Gasteiger partial charge in [-0.15, -0.1) is 0 Å². The molecule has 3 nitrogen and oxygen atoms in total. The van der Waals surface area contributed by atoms with E-state index in [0.717, 1.165) is 25.0 Å². The van der Waals surface area contributed by atoms with Crippen molar-refractivity contribution in [2.75, 3.05) is 6.54 Å². The third-order valence-electron chi connectivity index (χ3n) is 2.91. The molecule has 0 saturated heterocycles. The average molecular weight is 193 g/mol. The van der Waals surface area contributed by atoms with Gasteiger partial charge in [0, 0.05) is 18.8 Å². The van der Waals surface area contributed by atoms with Gasteiger partial charge in [0.05, 0.1) is 12.7 Å². The van der Waals surface area contributed by atoms with E-state index in [-0.39, 0.29) is 0 Å². The Kier molecular flexibility index (Phi) is 2.87. The molecular formula is C11H19N3. The Morgan fingerprint density at radius 3 is 2.93 bits per heavy atom. The minimum Gasteiger partial charge on any atom is -0.312 e. The maximum atomic E-state index is 4.25. The van der Waals surface area contributed by atoms with E-state index in [0.29, 0.717) is 0 Å². The monoisotopic (exact) mass is 193 g/mol. The Labute approximate surface area is 85.5 Å². The average Bonchev–Trinajstić information content (AvgIpc) is 2.48. The molecule has 1 N–H and O–H groups in total. The molecule has 0 bridgehead atoms. The van der Waals surface area contributed by atoms with Crippen molar-refractivity contribution in [3.63, 3.8) is 0 Å². The maximum absolute atomic E-state index is 4.25. The highest BCUT2D eigenvalue weighted by atomic mass is 15.3. The van der Waals surface area contributed by atoms with Crippen molar-refractivity contribution in [3.05, 3.63) is 18.0 Å². The topological polar surface area (TPSA) is 29.9 Å². The van der Waals surface area contributed by atoms with Crippen LogP contribution in [0, 0.1) is 12.8 Å². The summed E-state index contributed by atoms with van der Waals surface area (Å²) in [7, 11) is 0. The van der Waals surface area contributed by atoms with E-state index in [9.17, 15) is 0 Å². The molecule has 0 aliphatic heterocycles. The van der Waals surface area contributed by atoms with Gasteiger partial charge in [-0.1, -0.05) is 6.92 Å². The second kappa shape index (κ2) is 4.13. The number of aryl methyl sites for hydroxylation is 1. The highest BCUT2D eigenvalue weighted by molar-refractivity contribution is 4.99. The zero-order valence-electron chi connectivity index (χ0n) is 9.03. The molecule has 1 fully saturated rings. The van der Waals surface area contributed by atoms with Crippen LogP contribution in [-0.2, 0) is 6.54 Å². The highest BCUT2D eigenvalue weighted by Crippen LogP contribution is 2.25. The quantitative estimate of drug-likeness (QED) is 0.786. The smallest absolute Gasteiger partial charge is 0.0534 e. The SMILES string of the molecule is Cc1cnn(CCNC2CC(C)C2)c1. The van der Waals surface area contributed by atoms with Gasteiger partial charge in [0.1, 0.15) is 0 Å². The predicted molar refractivity (Wildman–Crippen MR) is 57.2 cm³/mol. The van der Waals surface area contributed by atoms with E-state index in [1.54, 1.807) is 0 Å². The molecule has 0 amide bonds. The van der Waals surface area contributed by atoms with Crippen LogP contribution in [0.3, 0.4) is 0 Å². The molecule has 0 spiro atoms. The van der Waals surface area contributed by atoms with E-state index in [4.69, 9.17) is 0 Å². The molecule has 0 unspecified atom stereocenters. The summed E-state index contributed by atoms with van der Waals surface area (Å²) < 4.78 is 2.00. The van der Waals surface area contributed by atoms with Crippen molar-refractivity contribution in [3.8, 4) is 0 Å². The maximum Gasteiger partial charge on any atom is 0.0534 e. The number of hydrogen-bond donors (Lipinski definition) is 1. The van der Waals surface area contributed by atoms with Crippen molar-refractivity contribution in [2.45, 2.75) is 39.3 Å². The zero-order valence-corrected chi connectivity index (χ0v) is 9.03. The van der Waals surface area contributed by atoms with Crippen LogP contribution < -0.4 is 5.32 Å². The van der Waals surface area contributed by atoms with Crippen molar-refractivity contribution in [1.29, 1.82) is 0 Å². The fraction of sp³-hybridized carbons (Fsp3) is 0.727. The lowest BCUT2D eigenvalue weighted by atomic mass is 9.82. The van der Waals surface area contributed by atoms with Crippen LogP contribution in [0.5, 0.6) is 0 Å². The summed E-state index contributed by atoms with van der Waals surface area (Å²) in [6.07, 6.45) is 6.69. The second-order valence-corrected chi connectivity index (χ2v) is 4.51. The van der Waals surface area contributed by atoms with E-state index in [1.807, 2.05) is 10.9 Å². The summed E-state index contributed by atoms with van der Waals surface area (Å²) in [4.78, 5) is 0. The molecular weight excluding hydrogens is 174 g/mol. The molecule has 1 aliphatic carbocycles. The number of nitrogens with zero attached hydrogens (tertiary/aromatic N) is 2. The van der Waals surface area contributed by atoms with Gasteiger partial charge < -0.3 is 5.32 Å². The van der Waals surface area contributed by atoms with Gasteiger partial charge in [0.2, 0.25) is 0 Å². The first-order chi connectivity index (χ1) is 6.74. The fourth-order valence-corrected chi connectivity index (χ4v) is 2.04. The van der Waals surface area contributed by atoms with Gasteiger partial charge in [0.25, 0.3) is 0 Å². The minimum absolute atomic E-state index is 0.765. The van der Waals surface area contributed by atoms with Crippen molar-refractivity contribution in [2.24, 2.45) is 5.92 Å². The first-order valence-corrected chi connectivity index (χ1v) is 5.46. The van der Waals surface area contributed by atoms with Gasteiger partial charge in [0.15, 0.2) is 0 Å². The van der Waals surface area contributed by atoms with E-state index >= 15 is 0 Å². The highest BCUT2D eigenvalue weighted by Gasteiger charge is 2.23. The molecule has 1 saturated carbocycles. The van der Waals surface area contributed by atoms with Gasteiger partial charge in [-0.25, -0.2) is 0 Å². The summed E-state index contributed by atoms with van der Waals surface area (Å²) in [6.45, 7) is 6.41. The summed E-state index contributed by atoms with van der Waals surface area (Å²) in [6, 6.07) is 0.765. The van der Waals surface area contributed by atoms with Crippen LogP contribution in [0.1, 0.15) is 25.3 Å². The summed E-state index contributed by atoms with van der Waals surface area (Å²) in [5, 5.41) is 7.79. The molecule has 0 radical (unpaired) electrons. The number of hydrogen-bond acceptors (Lipinski definition) is 2. The van der Waals surface area contributed by atoms with Gasteiger partial charge in [-0.2, -0.15) is 5.10 Å². The molecule has 1 heterocycles. The van der Waals surface area contributed by atoms with Crippen molar-refractivity contribution in [1.82, 2.24) is 15.1 Å². The molecule has 1 aromatic rings. The van der Waals surface area contributed by atoms with Crippen LogP contribution in [0.15, 0.2) is 12.4 Å². The zero-order chi connectivity index (χ0) is 9.97. The summed E-state index contributed by atoms with van der Waals surface area (Å²) in [5.74, 6) is 0.930. The molecule has 3 heteroatoms. The number of nitrogens with one attached hydrogen (secondary N) is 1. The van der Waals surface area contributed by atoms with Crippen molar-refractivity contribution < 1.29 is 0 Å². The molecule has 78 valence electrons. The van der Waals surface area contributed by atoms with Gasteiger partial charge >= 0.3 is 0 Å². The second-order valence-electron chi connectivity index (χ2n) is 4.51. The summed E-state index contributed by atoms with van der Waals surface area (Å²) in [5.41, 5.74) is 1.24. The molecule has 0 atom stereocenters. The lowest BCUT2D eigenvalue weighted by molar-refractivity contribution is 0.239. The first kappa shape index (κ1) is 9.71. The summed E-state index contributed by atoms with van der Waals surface area (Å²) >= 11 is 0. The Bertz CT molecular complexity index is 286. The fourth-order valence-electron chi connectivity index (χ4n) is 2.04. The van der Waals surface area contributed by atoms with Gasteiger partial charge in [-0.3, -0.25) is 4.68 Å². The largest absolute Gasteiger partial charge is 0.312 e. The van der Waals surface area contributed by atoms with Crippen LogP contribution >= 0.6 is 0 Å². The standard InChI is InChI=1S/C11H19N3/c1-9-5-11(6-9)12-3-4-14-8-10(2)7-13-14/h7-9,11-12H,3-6H2,1-2H3. The molecule has 0 aromatic carbocycles. The molecule has 2 rings (SSSR count). The Balaban J connectivity index is 1.63. The van der Waals surface area contributed by atoms with Crippen LogP contribution in [-0.4, -0.2) is 22.4 Å². The van der Waals surface area contributed by atoms with Crippen molar-refractivity contribution >= 4 is 0 Å². The first-order valence-electron chi connectivity index (χ1n) is 5.46. The lowest BCUT2D eigenvalue weighted by Crippen LogP contribution is -2.41. The van der Waals surface area contributed by atoms with E-state index in [1.165, 1.54) is 18.4 Å². The number of aromatic nitrogens is 2. The van der Waals surface area contributed by atoms with Gasteiger partial charge in [-0.05, 0) is 31.2 Å². The van der Waals surface area contributed by atoms with E-state index < -0.39 is 0 Å². The van der Waals surface area contributed by atoms with Crippen LogP contribution in [0.4, 0.5) is 0 Å². The number of rotatable bonds is 4. The Morgan fingerprint density at radius 2 is 2.36 bits per heavy atom. The van der Waals surface area contributed by atoms with Crippen LogP contribution in [0.25, 0.3) is 0 Å². The minimum atomic E-state index is 0.765. The Hall–Kier alpha value is -0.830. The third kappa shape index (κ3) is 2.35. The molecule has 1 aromatic heterocycles. The van der Waals surface area contributed by atoms with Crippen LogP contribution in [0.2, 0.25) is 0 Å². The third-order valence-corrected chi connectivity index (χ3v) is 2.91. The normalized spacial score (nSPS) is 26.1. The molecule has 1 aliphatic rings. The predicted octanol–water partition coefficient (Wildman–Crippen LogP) is 1.58. The lowest BCUT2D eigenvalue weighted by Gasteiger charge is -2.33. The van der Waals surface area contributed by atoms with E-state index in [2.05, 4.69) is 30.5 Å².